The fourth-order valence-electron chi connectivity index (χ4n) is 1.80. The summed E-state index contributed by atoms with van der Waals surface area (Å²) in [7, 11) is 0. The van der Waals surface area contributed by atoms with Crippen LogP contribution >= 0.6 is 0 Å². The molecule has 0 aliphatic rings. The lowest BCUT2D eigenvalue weighted by Crippen LogP contribution is -2.22. The number of aryl methyl sites for hydroxylation is 1. The number of benzene rings is 2. The van der Waals surface area contributed by atoms with Crippen LogP contribution in [0.25, 0.3) is 0 Å². The second-order valence-corrected chi connectivity index (χ2v) is 4.55. The summed E-state index contributed by atoms with van der Waals surface area (Å²) < 4.78 is 12.8. The predicted molar refractivity (Wildman–Crippen MR) is 79.4 cm³/mol. The summed E-state index contributed by atoms with van der Waals surface area (Å²) in [6.07, 6.45) is 0. The third kappa shape index (κ3) is 4.05. The van der Waals surface area contributed by atoms with Crippen molar-refractivity contribution in [2.24, 2.45) is 0 Å². The molecule has 0 spiro atoms. The van der Waals surface area contributed by atoms with E-state index < -0.39 is 0 Å². The number of amides is 1. The minimum atomic E-state index is -0.352. The third-order valence-corrected chi connectivity index (χ3v) is 2.93. The Morgan fingerprint density at radius 3 is 2.62 bits per heavy atom. The first-order valence-corrected chi connectivity index (χ1v) is 6.38. The summed E-state index contributed by atoms with van der Waals surface area (Å²) in [5.74, 6) is -0.599. The third-order valence-electron chi connectivity index (χ3n) is 2.93. The molecule has 0 fully saturated rings. The highest BCUT2D eigenvalue weighted by atomic mass is 19.1. The molecule has 2 aromatic rings. The molecule has 0 aliphatic heterocycles. The van der Waals surface area contributed by atoms with E-state index >= 15 is 0 Å². The highest BCUT2D eigenvalue weighted by molar-refractivity contribution is 5.93. The number of halogens is 1. The molecule has 106 valence electrons. The second-order valence-electron chi connectivity index (χ2n) is 4.55. The normalized spacial score (nSPS) is 9.76. The van der Waals surface area contributed by atoms with Gasteiger partial charge in [-0.2, -0.15) is 5.26 Å². The van der Waals surface area contributed by atoms with Gasteiger partial charge in [-0.25, -0.2) is 4.39 Å². The first-order valence-electron chi connectivity index (χ1n) is 6.38. The lowest BCUT2D eigenvalue weighted by Gasteiger charge is -2.10. The van der Waals surface area contributed by atoms with Crippen molar-refractivity contribution in [3.05, 3.63) is 59.4 Å². The van der Waals surface area contributed by atoms with Gasteiger partial charge in [0, 0.05) is 11.4 Å². The van der Waals surface area contributed by atoms with Crippen molar-refractivity contribution in [2.75, 3.05) is 17.2 Å². The van der Waals surface area contributed by atoms with Crippen LogP contribution < -0.4 is 10.6 Å². The summed E-state index contributed by atoms with van der Waals surface area (Å²) >= 11 is 0. The maximum absolute atomic E-state index is 12.8. The van der Waals surface area contributed by atoms with Crippen molar-refractivity contribution in [3.63, 3.8) is 0 Å². The number of anilines is 2. The van der Waals surface area contributed by atoms with E-state index in [1.807, 2.05) is 13.0 Å². The molecular formula is C16H14FN3O. The Bertz CT molecular complexity index is 690. The molecule has 0 heterocycles. The number of nitrogens with one attached hydrogen (secondary N) is 2. The molecule has 0 saturated heterocycles. The van der Waals surface area contributed by atoms with Crippen LogP contribution in [-0.4, -0.2) is 12.5 Å². The topological polar surface area (TPSA) is 64.9 Å². The quantitative estimate of drug-likeness (QED) is 0.906. The van der Waals surface area contributed by atoms with Gasteiger partial charge in [-0.15, -0.1) is 0 Å². The smallest absolute Gasteiger partial charge is 0.243 e. The molecular weight excluding hydrogens is 269 g/mol. The van der Waals surface area contributed by atoms with Crippen LogP contribution in [0.4, 0.5) is 15.8 Å². The van der Waals surface area contributed by atoms with E-state index in [0.29, 0.717) is 11.3 Å². The summed E-state index contributed by atoms with van der Waals surface area (Å²) in [6, 6.07) is 12.8. The molecule has 21 heavy (non-hydrogen) atoms. The minimum Gasteiger partial charge on any atom is -0.376 e. The fourth-order valence-corrected chi connectivity index (χ4v) is 1.80. The number of hydrogen-bond donors (Lipinski definition) is 2. The molecule has 0 saturated carbocycles. The average molecular weight is 283 g/mol. The van der Waals surface area contributed by atoms with Crippen LogP contribution in [0.2, 0.25) is 0 Å². The number of hydrogen-bond acceptors (Lipinski definition) is 3. The minimum absolute atomic E-state index is 0.0626. The molecule has 0 bridgehead atoms. The van der Waals surface area contributed by atoms with Crippen molar-refractivity contribution in [1.82, 2.24) is 0 Å². The average Bonchev–Trinajstić information content (AvgIpc) is 2.49. The first kappa shape index (κ1) is 14.5. The molecule has 2 aromatic carbocycles. The monoisotopic (exact) mass is 283 g/mol. The predicted octanol–water partition coefficient (Wildman–Crippen LogP) is 3.06. The Hall–Kier alpha value is -2.87. The molecule has 5 heteroatoms. The van der Waals surface area contributed by atoms with Gasteiger partial charge in [0.15, 0.2) is 0 Å². The second kappa shape index (κ2) is 6.53. The molecule has 0 unspecified atom stereocenters. The van der Waals surface area contributed by atoms with Crippen LogP contribution in [0.3, 0.4) is 0 Å². The van der Waals surface area contributed by atoms with Crippen molar-refractivity contribution < 1.29 is 9.18 Å². The van der Waals surface area contributed by atoms with E-state index in [4.69, 9.17) is 5.26 Å². The van der Waals surface area contributed by atoms with E-state index in [2.05, 4.69) is 16.7 Å². The standard InChI is InChI=1S/C16H14FN3O/c1-11-2-3-12(9-18)8-15(11)19-10-16(21)20-14-6-4-13(17)5-7-14/h2-8,19H,10H2,1H3,(H,20,21). The van der Waals surface area contributed by atoms with Gasteiger partial charge in [0.1, 0.15) is 5.82 Å². The van der Waals surface area contributed by atoms with E-state index in [-0.39, 0.29) is 18.3 Å². The Balaban J connectivity index is 1.95. The molecule has 1 amide bonds. The summed E-state index contributed by atoms with van der Waals surface area (Å²) in [5.41, 5.74) is 2.75. The van der Waals surface area contributed by atoms with Crippen molar-refractivity contribution >= 4 is 17.3 Å². The largest absolute Gasteiger partial charge is 0.376 e. The Kier molecular flexibility index (Phi) is 4.52. The molecule has 2 N–H and O–H groups in total. The molecule has 0 radical (unpaired) electrons. The summed E-state index contributed by atoms with van der Waals surface area (Å²) in [4.78, 5) is 11.8. The lowest BCUT2D eigenvalue weighted by atomic mass is 10.1. The van der Waals surface area contributed by atoms with Crippen molar-refractivity contribution in [3.8, 4) is 6.07 Å². The zero-order chi connectivity index (χ0) is 15.2. The van der Waals surface area contributed by atoms with E-state index in [1.165, 1.54) is 24.3 Å². The maximum Gasteiger partial charge on any atom is 0.243 e. The van der Waals surface area contributed by atoms with Crippen LogP contribution in [0.15, 0.2) is 42.5 Å². The fraction of sp³-hybridized carbons (Fsp3) is 0.125. The van der Waals surface area contributed by atoms with E-state index in [0.717, 1.165) is 11.3 Å². The first-order chi connectivity index (χ1) is 10.1. The van der Waals surface area contributed by atoms with Gasteiger partial charge in [-0.1, -0.05) is 6.07 Å². The molecule has 2 rings (SSSR count). The van der Waals surface area contributed by atoms with Gasteiger partial charge in [-0.3, -0.25) is 4.79 Å². The number of nitriles is 1. The van der Waals surface area contributed by atoms with Crippen LogP contribution in [-0.2, 0) is 4.79 Å². The highest BCUT2D eigenvalue weighted by Gasteiger charge is 2.05. The lowest BCUT2D eigenvalue weighted by molar-refractivity contribution is -0.114. The van der Waals surface area contributed by atoms with E-state index in [9.17, 15) is 9.18 Å². The molecule has 0 atom stereocenters. The van der Waals surface area contributed by atoms with Crippen LogP contribution in [0.5, 0.6) is 0 Å². The number of nitrogens with zero attached hydrogens (tertiary/aromatic N) is 1. The molecule has 4 nitrogen and oxygen atoms in total. The van der Waals surface area contributed by atoms with Gasteiger partial charge >= 0.3 is 0 Å². The van der Waals surface area contributed by atoms with Crippen LogP contribution in [0.1, 0.15) is 11.1 Å². The molecule has 0 aliphatic carbocycles. The van der Waals surface area contributed by atoms with Gasteiger partial charge < -0.3 is 10.6 Å². The van der Waals surface area contributed by atoms with Crippen molar-refractivity contribution in [2.45, 2.75) is 6.92 Å². The van der Waals surface area contributed by atoms with Gasteiger partial charge in [0.25, 0.3) is 0 Å². The van der Waals surface area contributed by atoms with E-state index in [1.54, 1.807) is 12.1 Å². The highest BCUT2D eigenvalue weighted by Crippen LogP contribution is 2.16. The van der Waals surface area contributed by atoms with Gasteiger partial charge in [0.2, 0.25) is 5.91 Å². The number of rotatable bonds is 4. The zero-order valence-corrected chi connectivity index (χ0v) is 11.5. The maximum atomic E-state index is 12.8. The Morgan fingerprint density at radius 1 is 1.24 bits per heavy atom. The van der Waals surface area contributed by atoms with Crippen molar-refractivity contribution in [1.29, 1.82) is 5.26 Å². The molecule has 0 aromatic heterocycles. The number of carbonyl (C=O) groups is 1. The van der Waals surface area contributed by atoms with Gasteiger partial charge in [0.05, 0.1) is 18.2 Å². The Morgan fingerprint density at radius 2 is 1.95 bits per heavy atom. The zero-order valence-electron chi connectivity index (χ0n) is 11.5. The SMILES string of the molecule is Cc1ccc(C#N)cc1NCC(=O)Nc1ccc(F)cc1. The Labute approximate surface area is 122 Å². The summed E-state index contributed by atoms with van der Waals surface area (Å²) in [6.45, 7) is 1.95. The number of carbonyl (C=O) groups excluding carboxylic acids is 1. The van der Waals surface area contributed by atoms with Gasteiger partial charge in [-0.05, 0) is 48.9 Å². The summed E-state index contributed by atoms with van der Waals surface area (Å²) in [5, 5.41) is 14.5. The van der Waals surface area contributed by atoms with Crippen LogP contribution in [0, 0.1) is 24.1 Å².